The molecule has 0 spiro atoms. The van der Waals surface area contributed by atoms with E-state index >= 15 is 0 Å². The number of allylic oxidation sites excluding steroid dienone is 6. The average molecular weight is 399 g/mol. The van der Waals surface area contributed by atoms with Crippen molar-refractivity contribution >= 4 is 0 Å². The lowest BCUT2D eigenvalue weighted by atomic mass is 9.63. The van der Waals surface area contributed by atoms with Gasteiger partial charge in [-0.05, 0) is 93.3 Å². The van der Waals surface area contributed by atoms with Crippen LogP contribution in [0.15, 0.2) is 48.6 Å². The van der Waals surface area contributed by atoms with Crippen LogP contribution in [-0.4, -0.2) is 0 Å². The van der Waals surface area contributed by atoms with Crippen LogP contribution >= 0.6 is 0 Å². The number of hydrogen-bond donors (Lipinski definition) is 0. The van der Waals surface area contributed by atoms with Crippen molar-refractivity contribution in [3.63, 3.8) is 0 Å². The summed E-state index contributed by atoms with van der Waals surface area (Å²) in [5.74, 6) is 1.76. The minimum absolute atomic E-state index is 0. The summed E-state index contributed by atoms with van der Waals surface area (Å²) in [6.07, 6.45) is 26.6. The van der Waals surface area contributed by atoms with Crippen molar-refractivity contribution < 1.29 is 0 Å². The summed E-state index contributed by atoms with van der Waals surface area (Å²) in [5, 5.41) is 0. The standard InChI is InChI=1S/C26H42.C2H4.CH4/c1-25(2,3)19-9-8-14-23-17-18-24-22(13-10-20-26(23,24)4)16-15-21-11-6-5-7-12-21;1-2;/h8-9,15-16,23-24H,5-7,10-14,17-20H2,1-4H3;1-2H2;1H4/b9-8+,22-16+;;. The third kappa shape index (κ3) is 7.30. The Morgan fingerprint density at radius 1 is 0.931 bits per heavy atom. The smallest absolute Gasteiger partial charge is 0.0143 e. The molecule has 3 aliphatic rings. The minimum Gasteiger partial charge on any atom is -0.106 e. The molecule has 3 unspecified atom stereocenters. The first kappa shape index (κ1) is 26.0. The summed E-state index contributed by atoms with van der Waals surface area (Å²) in [6.45, 7) is 15.6. The molecule has 0 aromatic rings. The van der Waals surface area contributed by atoms with Crippen LogP contribution in [0.5, 0.6) is 0 Å². The molecule has 29 heavy (non-hydrogen) atoms. The number of hydrogen-bond acceptors (Lipinski definition) is 0. The maximum absolute atomic E-state index is 3.00. The van der Waals surface area contributed by atoms with Gasteiger partial charge in [-0.2, -0.15) is 0 Å². The van der Waals surface area contributed by atoms with Crippen molar-refractivity contribution in [3.05, 3.63) is 48.6 Å². The van der Waals surface area contributed by atoms with Crippen LogP contribution in [0.3, 0.4) is 0 Å². The molecule has 0 heterocycles. The summed E-state index contributed by atoms with van der Waals surface area (Å²) in [7, 11) is 0. The third-order valence-electron chi connectivity index (χ3n) is 7.51. The normalized spacial score (nSPS) is 31.0. The van der Waals surface area contributed by atoms with Gasteiger partial charge in [-0.15, -0.1) is 13.2 Å². The number of rotatable bonds is 4. The van der Waals surface area contributed by atoms with Crippen molar-refractivity contribution in [2.45, 2.75) is 112 Å². The molecular weight excluding hydrogens is 348 g/mol. The summed E-state index contributed by atoms with van der Waals surface area (Å²) >= 11 is 0. The second kappa shape index (κ2) is 12.0. The average Bonchev–Trinajstić information content (AvgIpc) is 3.02. The summed E-state index contributed by atoms with van der Waals surface area (Å²) in [6, 6.07) is 0. The molecule has 0 radical (unpaired) electrons. The Bertz CT molecular complexity index is 559. The first-order chi connectivity index (χ1) is 13.4. The van der Waals surface area contributed by atoms with Crippen LogP contribution in [0.25, 0.3) is 0 Å². The van der Waals surface area contributed by atoms with Gasteiger partial charge < -0.3 is 0 Å². The fourth-order valence-electron chi connectivity index (χ4n) is 5.83. The van der Waals surface area contributed by atoms with Crippen LogP contribution in [0.2, 0.25) is 0 Å². The van der Waals surface area contributed by atoms with Gasteiger partial charge in [0.1, 0.15) is 0 Å². The minimum atomic E-state index is 0. The van der Waals surface area contributed by atoms with E-state index in [9.17, 15) is 0 Å². The van der Waals surface area contributed by atoms with E-state index in [-0.39, 0.29) is 7.43 Å². The topological polar surface area (TPSA) is 0 Å². The molecule has 0 aromatic carbocycles. The Morgan fingerprint density at radius 2 is 1.62 bits per heavy atom. The van der Waals surface area contributed by atoms with Crippen molar-refractivity contribution in [2.75, 3.05) is 0 Å². The van der Waals surface area contributed by atoms with E-state index in [1.54, 1.807) is 11.1 Å². The Labute approximate surface area is 183 Å². The lowest BCUT2D eigenvalue weighted by molar-refractivity contribution is 0.137. The molecule has 0 bridgehead atoms. The largest absolute Gasteiger partial charge is 0.106 e. The highest BCUT2D eigenvalue weighted by Gasteiger charge is 2.48. The fourth-order valence-corrected chi connectivity index (χ4v) is 5.83. The Morgan fingerprint density at radius 3 is 2.28 bits per heavy atom. The Balaban J connectivity index is 0.00000136. The highest BCUT2D eigenvalue weighted by atomic mass is 14.5. The maximum atomic E-state index is 3.00. The van der Waals surface area contributed by atoms with Gasteiger partial charge in [0, 0.05) is 0 Å². The SMILES string of the molecule is C.C=C.CC(C)(C)C/C=C/CC1CCC2/C(=C/C=C3CCCCC3)CCCC12C. The summed E-state index contributed by atoms with van der Waals surface area (Å²) in [5.41, 5.74) is 4.49. The second-order valence-corrected chi connectivity index (χ2v) is 10.8. The van der Waals surface area contributed by atoms with Gasteiger partial charge in [0.25, 0.3) is 0 Å². The molecule has 166 valence electrons. The van der Waals surface area contributed by atoms with Gasteiger partial charge in [0.05, 0.1) is 0 Å². The Kier molecular flexibility index (Phi) is 10.7. The van der Waals surface area contributed by atoms with E-state index < -0.39 is 0 Å². The van der Waals surface area contributed by atoms with Crippen LogP contribution in [-0.2, 0) is 0 Å². The molecular formula is C29H50. The van der Waals surface area contributed by atoms with E-state index in [2.05, 4.69) is 65.2 Å². The van der Waals surface area contributed by atoms with Gasteiger partial charge in [-0.25, -0.2) is 0 Å². The zero-order valence-electron chi connectivity index (χ0n) is 19.4. The number of fused-ring (bicyclic) bond motifs is 1. The van der Waals surface area contributed by atoms with E-state index in [4.69, 9.17) is 0 Å². The monoisotopic (exact) mass is 398 g/mol. The third-order valence-corrected chi connectivity index (χ3v) is 7.51. The van der Waals surface area contributed by atoms with E-state index in [0.717, 1.165) is 11.8 Å². The lowest BCUT2D eigenvalue weighted by Gasteiger charge is -2.42. The second-order valence-electron chi connectivity index (χ2n) is 10.8. The predicted molar refractivity (Wildman–Crippen MR) is 133 cm³/mol. The van der Waals surface area contributed by atoms with Crippen molar-refractivity contribution in [2.24, 2.45) is 22.7 Å². The molecule has 3 aliphatic carbocycles. The van der Waals surface area contributed by atoms with E-state index in [0.29, 0.717) is 10.8 Å². The molecule has 3 fully saturated rings. The highest BCUT2D eigenvalue weighted by Crippen LogP contribution is 2.58. The van der Waals surface area contributed by atoms with Crippen LogP contribution in [0.1, 0.15) is 112 Å². The van der Waals surface area contributed by atoms with Crippen LogP contribution < -0.4 is 0 Å². The van der Waals surface area contributed by atoms with Crippen molar-refractivity contribution in [3.8, 4) is 0 Å². The molecule has 0 amide bonds. The molecule has 0 nitrogen and oxygen atoms in total. The maximum Gasteiger partial charge on any atom is -0.0143 e. The van der Waals surface area contributed by atoms with Gasteiger partial charge in [-0.3, -0.25) is 0 Å². The molecule has 0 aromatic heterocycles. The zero-order chi connectivity index (χ0) is 20.6. The first-order valence-corrected chi connectivity index (χ1v) is 11.9. The zero-order valence-corrected chi connectivity index (χ0v) is 19.4. The highest BCUT2D eigenvalue weighted by molar-refractivity contribution is 5.25. The lowest BCUT2D eigenvalue weighted by Crippen LogP contribution is -2.33. The fraction of sp³-hybridized carbons (Fsp3) is 0.724. The van der Waals surface area contributed by atoms with Gasteiger partial charge >= 0.3 is 0 Å². The summed E-state index contributed by atoms with van der Waals surface area (Å²) in [4.78, 5) is 0. The van der Waals surface area contributed by atoms with Gasteiger partial charge in [-0.1, -0.05) is 77.0 Å². The van der Waals surface area contributed by atoms with Gasteiger partial charge in [0.15, 0.2) is 0 Å². The predicted octanol–water partition coefficient (Wildman–Crippen LogP) is 9.84. The van der Waals surface area contributed by atoms with Gasteiger partial charge in [0.2, 0.25) is 0 Å². The van der Waals surface area contributed by atoms with Crippen molar-refractivity contribution in [1.29, 1.82) is 0 Å². The Hall–Kier alpha value is -1.04. The molecule has 3 atom stereocenters. The molecule has 0 N–H and O–H groups in total. The van der Waals surface area contributed by atoms with E-state index in [1.165, 1.54) is 77.0 Å². The quantitative estimate of drug-likeness (QED) is 0.413. The molecule has 0 aliphatic heterocycles. The first-order valence-electron chi connectivity index (χ1n) is 11.9. The van der Waals surface area contributed by atoms with Crippen LogP contribution in [0.4, 0.5) is 0 Å². The van der Waals surface area contributed by atoms with Crippen molar-refractivity contribution in [1.82, 2.24) is 0 Å². The molecule has 3 saturated carbocycles. The molecule has 3 rings (SSSR count). The van der Waals surface area contributed by atoms with E-state index in [1.807, 2.05) is 0 Å². The molecule has 0 heteroatoms. The summed E-state index contributed by atoms with van der Waals surface area (Å²) < 4.78 is 0. The van der Waals surface area contributed by atoms with Crippen LogP contribution in [0, 0.1) is 22.7 Å². The molecule has 0 saturated heterocycles.